The second-order valence-electron chi connectivity index (χ2n) is 4.66. The molecule has 0 aliphatic heterocycles. The summed E-state index contributed by atoms with van der Waals surface area (Å²) < 4.78 is 10.5. The number of nitrogens with one attached hydrogen (secondary N) is 1. The van der Waals surface area contributed by atoms with E-state index in [1.165, 1.54) is 0 Å². The number of carbonyl (C=O) groups excluding carboxylic acids is 1. The van der Waals surface area contributed by atoms with Crippen molar-refractivity contribution in [3.63, 3.8) is 0 Å². The monoisotopic (exact) mass is 280 g/mol. The number of amides is 1. The van der Waals surface area contributed by atoms with Crippen LogP contribution in [0.15, 0.2) is 18.2 Å². The van der Waals surface area contributed by atoms with E-state index in [4.69, 9.17) is 9.47 Å². The number of methoxy groups -OCH3 is 2. The average Bonchev–Trinajstić information content (AvgIpc) is 2.46. The smallest absolute Gasteiger partial charge is 0.237 e. The van der Waals surface area contributed by atoms with Crippen LogP contribution < -0.4 is 14.8 Å². The molecule has 1 atom stereocenters. The molecule has 0 saturated heterocycles. The maximum Gasteiger partial charge on any atom is 0.237 e. The van der Waals surface area contributed by atoms with E-state index in [0.717, 1.165) is 17.1 Å². The van der Waals surface area contributed by atoms with Crippen LogP contribution in [0.4, 0.5) is 0 Å². The van der Waals surface area contributed by atoms with E-state index in [9.17, 15) is 4.79 Å². The van der Waals surface area contributed by atoms with Crippen LogP contribution in [0.5, 0.6) is 11.5 Å². The van der Waals surface area contributed by atoms with Gasteiger partial charge in [-0.25, -0.2) is 0 Å². The summed E-state index contributed by atoms with van der Waals surface area (Å²) in [6.45, 7) is 5.08. The lowest BCUT2D eigenvalue weighted by Crippen LogP contribution is -2.42. The van der Waals surface area contributed by atoms with Gasteiger partial charge >= 0.3 is 0 Å². The van der Waals surface area contributed by atoms with Gasteiger partial charge in [0.2, 0.25) is 5.91 Å². The fourth-order valence-electron chi connectivity index (χ4n) is 1.91. The summed E-state index contributed by atoms with van der Waals surface area (Å²) >= 11 is 0. The first-order chi connectivity index (χ1) is 9.53. The van der Waals surface area contributed by atoms with Crippen molar-refractivity contribution in [1.29, 1.82) is 0 Å². The number of likely N-dealkylation sites (N-methyl/N-ethyl adjacent to an activating group) is 2. The Morgan fingerprint density at radius 3 is 2.60 bits per heavy atom. The lowest BCUT2D eigenvalue weighted by atomic mass is 10.1. The van der Waals surface area contributed by atoms with E-state index in [1.54, 1.807) is 14.2 Å². The van der Waals surface area contributed by atoms with E-state index in [-0.39, 0.29) is 11.9 Å². The number of hydrogen-bond acceptors (Lipinski definition) is 4. The summed E-state index contributed by atoms with van der Waals surface area (Å²) in [6, 6.07) is 5.50. The van der Waals surface area contributed by atoms with E-state index in [0.29, 0.717) is 13.1 Å². The van der Waals surface area contributed by atoms with E-state index < -0.39 is 0 Å². The largest absolute Gasteiger partial charge is 0.497 e. The van der Waals surface area contributed by atoms with E-state index >= 15 is 0 Å². The molecule has 112 valence electrons. The molecule has 1 aromatic carbocycles. The van der Waals surface area contributed by atoms with Gasteiger partial charge in [-0.05, 0) is 27.0 Å². The highest BCUT2D eigenvalue weighted by Gasteiger charge is 2.18. The molecule has 0 aromatic heterocycles. The highest BCUT2D eigenvalue weighted by atomic mass is 16.5. The van der Waals surface area contributed by atoms with Crippen molar-refractivity contribution >= 4 is 5.91 Å². The van der Waals surface area contributed by atoms with Crippen LogP contribution in [0.2, 0.25) is 0 Å². The molecule has 0 unspecified atom stereocenters. The molecule has 0 aliphatic carbocycles. The lowest BCUT2D eigenvalue weighted by molar-refractivity contribution is -0.125. The van der Waals surface area contributed by atoms with Crippen LogP contribution in [0.1, 0.15) is 19.4 Å². The van der Waals surface area contributed by atoms with Crippen molar-refractivity contribution in [2.24, 2.45) is 0 Å². The van der Waals surface area contributed by atoms with Crippen molar-refractivity contribution in [3.8, 4) is 11.5 Å². The molecule has 0 fully saturated rings. The molecule has 1 aromatic rings. The molecule has 5 nitrogen and oxygen atoms in total. The van der Waals surface area contributed by atoms with E-state index in [2.05, 4.69) is 5.32 Å². The quantitative estimate of drug-likeness (QED) is 0.825. The first-order valence-electron chi connectivity index (χ1n) is 6.72. The Kier molecular flexibility index (Phi) is 6.31. The average molecular weight is 280 g/mol. The van der Waals surface area contributed by atoms with Gasteiger partial charge in [-0.15, -0.1) is 0 Å². The topological polar surface area (TPSA) is 50.8 Å². The predicted octanol–water partition coefficient (Wildman–Crippen LogP) is 1.66. The van der Waals surface area contributed by atoms with Crippen LogP contribution >= 0.6 is 0 Å². The van der Waals surface area contributed by atoms with Crippen LogP contribution in [-0.4, -0.2) is 44.7 Å². The third kappa shape index (κ3) is 4.13. The second kappa shape index (κ2) is 7.75. The summed E-state index contributed by atoms with van der Waals surface area (Å²) in [5.41, 5.74) is 1.02. The Bertz CT molecular complexity index is 449. The van der Waals surface area contributed by atoms with Gasteiger partial charge in [-0.1, -0.05) is 6.07 Å². The highest BCUT2D eigenvalue weighted by Crippen LogP contribution is 2.25. The Balaban J connectivity index is 2.79. The Labute approximate surface area is 120 Å². The first kappa shape index (κ1) is 16.3. The molecule has 0 spiro atoms. The van der Waals surface area contributed by atoms with Crippen LogP contribution in [0, 0.1) is 0 Å². The maximum atomic E-state index is 11.8. The van der Waals surface area contributed by atoms with Crippen LogP contribution in [0.25, 0.3) is 0 Å². The van der Waals surface area contributed by atoms with Gasteiger partial charge in [-0.2, -0.15) is 0 Å². The molecule has 0 bridgehead atoms. The Hall–Kier alpha value is -1.75. The van der Waals surface area contributed by atoms with Gasteiger partial charge in [0.25, 0.3) is 0 Å². The molecule has 0 aliphatic rings. The van der Waals surface area contributed by atoms with E-state index in [1.807, 2.05) is 44.0 Å². The maximum absolute atomic E-state index is 11.8. The third-order valence-corrected chi connectivity index (χ3v) is 3.31. The highest BCUT2D eigenvalue weighted by molar-refractivity contribution is 5.81. The van der Waals surface area contributed by atoms with Crippen molar-refractivity contribution < 1.29 is 14.3 Å². The Morgan fingerprint density at radius 2 is 2.05 bits per heavy atom. The van der Waals surface area contributed by atoms with Crippen molar-refractivity contribution in [3.05, 3.63) is 23.8 Å². The fourth-order valence-corrected chi connectivity index (χ4v) is 1.91. The van der Waals surface area contributed by atoms with Gasteiger partial charge in [-0.3, -0.25) is 9.69 Å². The SMILES string of the molecule is CCNC(=O)[C@@H](C)N(C)Cc1ccc(OC)cc1OC. The number of nitrogens with zero attached hydrogens (tertiary/aromatic N) is 1. The molecule has 1 amide bonds. The van der Waals surface area contributed by atoms with Gasteiger partial charge in [0.05, 0.1) is 20.3 Å². The lowest BCUT2D eigenvalue weighted by Gasteiger charge is -2.24. The summed E-state index contributed by atoms with van der Waals surface area (Å²) in [4.78, 5) is 13.8. The molecule has 0 radical (unpaired) electrons. The normalized spacial score (nSPS) is 12.1. The standard InChI is InChI=1S/C15H24N2O3/c1-6-16-15(18)11(2)17(3)10-12-7-8-13(19-4)9-14(12)20-5/h7-9,11H,6,10H2,1-5H3,(H,16,18)/t11-/m1/s1. The minimum Gasteiger partial charge on any atom is -0.497 e. The number of rotatable bonds is 7. The summed E-state index contributed by atoms with van der Waals surface area (Å²) in [5, 5.41) is 2.83. The number of ether oxygens (including phenoxy) is 2. The molecule has 20 heavy (non-hydrogen) atoms. The zero-order chi connectivity index (χ0) is 15.1. The van der Waals surface area contributed by atoms with Crippen molar-refractivity contribution in [2.75, 3.05) is 27.8 Å². The Morgan fingerprint density at radius 1 is 1.35 bits per heavy atom. The number of benzene rings is 1. The van der Waals surface area contributed by atoms with Crippen LogP contribution in [-0.2, 0) is 11.3 Å². The summed E-state index contributed by atoms with van der Waals surface area (Å²) in [6.07, 6.45) is 0. The second-order valence-corrected chi connectivity index (χ2v) is 4.66. The minimum absolute atomic E-state index is 0.0301. The van der Waals surface area contributed by atoms with Crippen molar-refractivity contribution in [1.82, 2.24) is 10.2 Å². The van der Waals surface area contributed by atoms with Gasteiger partial charge in [0.1, 0.15) is 11.5 Å². The zero-order valence-electron chi connectivity index (χ0n) is 12.9. The number of hydrogen-bond donors (Lipinski definition) is 1. The van der Waals surface area contributed by atoms with Crippen molar-refractivity contribution in [2.45, 2.75) is 26.4 Å². The molecule has 5 heteroatoms. The molecule has 0 heterocycles. The minimum atomic E-state index is -0.193. The molecule has 1 rings (SSSR count). The zero-order valence-corrected chi connectivity index (χ0v) is 12.9. The fraction of sp³-hybridized carbons (Fsp3) is 0.533. The predicted molar refractivity (Wildman–Crippen MR) is 79.2 cm³/mol. The molecular weight excluding hydrogens is 256 g/mol. The third-order valence-electron chi connectivity index (χ3n) is 3.31. The first-order valence-corrected chi connectivity index (χ1v) is 6.72. The molecular formula is C15H24N2O3. The summed E-state index contributed by atoms with van der Waals surface area (Å²) in [5.74, 6) is 1.55. The van der Waals surface area contributed by atoms with Gasteiger partial charge in [0.15, 0.2) is 0 Å². The summed E-state index contributed by atoms with van der Waals surface area (Å²) in [7, 11) is 5.17. The molecule has 0 saturated carbocycles. The van der Waals surface area contributed by atoms with Crippen LogP contribution in [0.3, 0.4) is 0 Å². The number of carbonyl (C=O) groups is 1. The molecule has 1 N–H and O–H groups in total. The van der Waals surface area contributed by atoms with Gasteiger partial charge < -0.3 is 14.8 Å². The van der Waals surface area contributed by atoms with Gasteiger partial charge in [0, 0.05) is 24.7 Å².